The Morgan fingerprint density at radius 1 is 1.37 bits per heavy atom. The molecule has 1 aliphatic carbocycles. The van der Waals surface area contributed by atoms with Gasteiger partial charge in [-0.3, -0.25) is 9.59 Å². The van der Waals surface area contributed by atoms with Crippen LogP contribution in [-0.2, 0) is 21.7 Å². The molecular weight excluding hydrogens is 384 g/mol. The van der Waals surface area contributed by atoms with E-state index in [-0.39, 0.29) is 17.4 Å². The number of rotatable bonds is 6. The van der Waals surface area contributed by atoms with Gasteiger partial charge in [-0.25, -0.2) is 0 Å². The molecule has 0 unspecified atom stereocenters. The highest BCUT2D eigenvalue weighted by Gasteiger charge is 2.47. The zero-order valence-corrected chi connectivity index (χ0v) is 17.1. The molecule has 6 nitrogen and oxygen atoms in total. The number of carbonyl (C=O) groups excluding carboxylic acids is 2. The number of amides is 1. The minimum atomic E-state index is -0.993. The van der Waals surface area contributed by atoms with Crippen molar-refractivity contribution in [2.75, 3.05) is 12.8 Å². The predicted octanol–water partition coefficient (Wildman–Crippen LogP) is 3.54. The summed E-state index contributed by atoms with van der Waals surface area (Å²) in [6.45, 7) is 2.73. The molecule has 2 aromatic rings. The number of thioether (sulfide) groups is 1. The molecule has 1 amide bonds. The Hall–Kier alpha value is -1.86. The lowest BCUT2D eigenvalue weighted by atomic mass is 9.74. The van der Waals surface area contributed by atoms with E-state index in [9.17, 15) is 9.59 Å². The van der Waals surface area contributed by atoms with Crippen LogP contribution in [0.1, 0.15) is 38.2 Å². The lowest BCUT2D eigenvalue weighted by Crippen LogP contribution is -2.54. The number of benzene rings is 1. The van der Waals surface area contributed by atoms with E-state index in [1.807, 2.05) is 29.7 Å². The molecule has 0 radical (unpaired) electrons. The third-order valence-electron chi connectivity index (χ3n) is 5.17. The molecule has 1 atom stereocenters. The fraction of sp³-hybridized carbons (Fsp3) is 0.474. The first-order chi connectivity index (χ1) is 13.0. The van der Waals surface area contributed by atoms with E-state index in [0.717, 1.165) is 19.4 Å². The lowest BCUT2D eigenvalue weighted by Gasteiger charge is -2.44. The quantitative estimate of drug-likeness (QED) is 0.686. The second-order valence-electron chi connectivity index (χ2n) is 6.61. The van der Waals surface area contributed by atoms with Gasteiger partial charge in [0.1, 0.15) is 11.9 Å². The molecular formula is C19H23ClN4O2S. The summed E-state index contributed by atoms with van der Waals surface area (Å²) in [4.78, 5) is 27.7. The molecule has 1 fully saturated rings. The number of likely N-dealkylation sites (N-methyl/N-ethyl adjacent to an activating group) is 1. The van der Waals surface area contributed by atoms with Crippen LogP contribution in [0.4, 0.5) is 0 Å². The van der Waals surface area contributed by atoms with Crippen molar-refractivity contribution in [1.82, 2.24) is 19.7 Å². The van der Waals surface area contributed by atoms with Gasteiger partial charge >= 0.3 is 0 Å². The molecule has 1 heterocycles. The molecule has 1 aromatic heterocycles. The van der Waals surface area contributed by atoms with Crippen LogP contribution in [0, 0.1) is 0 Å². The minimum absolute atomic E-state index is 0.0550. The van der Waals surface area contributed by atoms with Crippen LogP contribution in [0.15, 0.2) is 35.7 Å². The monoisotopic (exact) mass is 406 g/mol. The van der Waals surface area contributed by atoms with Gasteiger partial charge in [0.05, 0.1) is 5.75 Å². The van der Waals surface area contributed by atoms with E-state index in [1.165, 1.54) is 11.8 Å². The Morgan fingerprint density at radius 3 is 2.85 bits per heavy atom. The molecule has 1 saturated carbocycles. The number of halogens is 1. The predicted molar refractivity (Wildman–Crippen MR) is 106 cm³/mol. The third kappa shape index (κ3) is 3.75. The number of hydrogen-bond donors (Lipinski definition) is 0. The molecule has 1 aromatic carbocycles. The number of aromatic nitrogens is 3. The second kappa shape index (κ2) is 8.44. The molecule has 0 N–H and O–H groups in total. The Bertz CT molecular complexity index is 841. The molecule has 0 bridgehead atoms. The van der Waals surface area contributed by atoms with Gasteiger partial charge < -0.3 is 9.47 Å². The molecule has 27 heavy (non-hydrogen) atoms. The summed E-state index contributed by atoms with van der Waals surface area (Å²) in [5.74, 6) is 0.120. The highest BCUT2D eigenvalue weighted by molar-refractivity contribution is 7.99. The van der Waals surface area contributed by atoms with Crippen molar-refractivity contribution in [3.8, 4) is 0 Å². The second-order valence-corrected chi connectivity index (χ2v) is 7.96. The van der Waals surface area contributed by atoms with Gasteiger partial charge in [0.15, 0.2) is 10.9 Å². The fourth-order valence-corrected chi connectivity index (χ4v) is 4.82. The minimum Gasteiger partial charge on any atom is -0.328 e. The number of ketones is 1. The molecule has 1 aliphatic rings. The van der Waals surface area contributed by atoms with E-state index in [0.29, 0.717) is 28.6 Å². The van der Waals surface area contributed by atoms with Crippen molar-refractivity contribution < 1.29 is 9.59 Å². The maximum Gasteiger partial charge on any atom is 0.233 e. The first kappa shape index (κ1) is 19.9. The van der Waals surface area contributed by atoms with Gasteiger partial charge in [-0.05, 0) is 32.3 Å². The fourth-order valence-electron chi connectivity index (χ4n) is 3.64. The van der Waals surface area contributed by atoms with E-state index < -0.39 is 5.54 Å². The number of Topliss-reactive ketones (excluding diaryl/α,β-unsaturated/α-hetero) is 1. The zero-order valence-electron chi connectivity index (χ0n) is 15.5. The van der Waals surface area contributed by atoms with Crippen LogP contribution in [0.25, 0.3) is 0 Å². The first-order valence-electron chi connectivity index (χ1n) is 9.06. The molecule has 0 spiro atoms. The van der Waals surface area contributed by atoms with Gasteiger partial charge in [-0.15, -0.1) is 10.2 Å². The van der Waals surface area contributed by atoms with Crippen LogP contribution in [-0.4, -0.2) is 44.2 Å². The topological polar surface area (TPSA) is 68.1 Å². The highest BCUT2D eigenvalue weighted by Crippen LogP contribution is 2.42. The summed E-state index contributed by atoms with van der Waals surface area (Å²) in [5.41, 5.74) is -0.277. The van der Waals surface area contributed by atoms with Gasteiger partial charge in [0, 0.05) is 30.6 Å². The molecule has 3 rings (SSSR count). The van der Waals surface area contributed by atoms with Crippen LogP contribution in [0.2, 0.25) is 5.02 Å². The summed E-state index contributed by atoms with van der Waals surface area (Å²) >= 11 is 7.77. The summed E-state index contributed by atoms with van der Waals surface area (Å²) in [6, 6.07) is 7.33. The average molecular weight is 407 g/mol. The maximum atomic E-state index is 13.1. The maximum absolute atomic E-state index is 13.1. The van der Waals surface area contributed by atoms with E-state index in [2.05, 4.69) is 10.2 Å². The Morgan fingerprint density at radius 2 is 2.15 bits per heavy atom. The van der Waals surface area contributed by atoms with E-state index in [1.54, 1.807) is 24.3 Å². The van der Waals surface area contributed by atoms with Crippen LogP contribution in [0.5, 0.6) is 0 Å². The lowest BCUT2D eigenvalue weighted by molar-refractivity contribution is -0.146. The molecule has 0 aliphatic heterocycles. The Kier molecular flexibility index (Phi) is 6.22. The average Bonchev–Trinajstić information content (AvgIpc) is 3.14. The van der Waals surface area contributed by atoms with Crippen LogP contribution < -0.4 is 0 Å². The van der Waals surface area contributed by atoms with Gasteiger partial charge in [0.25, 0.3) is 0 Å². The van der Waals surface area contributed by atoms with Crippen LogP contribution in [0.3, 0.4) is 0 Å². The number of hydrogen-bond acceptors (Lipinski definition) is 5. The smallest absolute Gasteiger partial charge is 0.233 e. The van der Waals surface area contributed by atoms with Gasteiger partial charge in [-0.2, -0.15) is 0 Å². The number of nitrogens with zero attached hydrogens (tertiary/aromatic N) is 4. The SMILES string of the molecule is CCn1cnnc1SCC(=O)N(C)[C@@]1(c2ccccc2Cl)CCCCC1=O. The molecule has 0 saturated heterocycles. The standard InChI is InChI=1S/C19H23ClN4O2S/c1-3-24-13-21-22-18(24)27-12-17(26)23(2)19(11-7-6-10-16(19)25)14-8-4-5-9-15(14)20/h4-5,8-9,13H,3,6-7,10-12H2,1-2H3/t19-/m1/s1. The largest absolute Gasteiger partial charge is 0.328 e. The summed E-state index contributed by atoms with van der Waals surface area (Å²) in [5, 5.41) is 9.15. The van der Waals surface area contributed by atoms with Gasteiger partial charge in [0.2, 0.25) is 5.91 Å². The van der Waals surface area contributed by atoms with Gasteiger partial charge in [-0.1, -0.05) is 41.6 Å². The van der Waals surface area contributed by atoms with Crippen molar-refractivity contribution >= 4 is 35.1 Å². The van der Waals surface area contributed by atoms with Crippen LogP contribution >= 0.6 is 23.4 Å². The molecule has 144 valence electrons. The zero-order chi connectivity index (χ0) is 19.4. The Balaban J connectivity index is 1.87. The first-order valence-corrected chi connectivity index (χ1v) is 10.4. The molecule has 8 heteroatoms. The van der Waals surface area contributed by atoms with Crippen molar-refractivity contribution in [1.29, 1.82) is 0 Å². The van der Waals surface area contributed by atoms with Crippen molar-refractivity contribution in [3.05, 3.63) is 41.2 Å². The third-order valence-corrected chi connectivity index (χ3v) is 6.46. The summed E-state index contributed by atoms with van der Waals surface area (Å²) < 4.78 is 1.88. The number of aryl methyl sites for hydroxylation is 1. The Labute approximate surface area is 168 Å². The van der Waals surface area contributed by atoms with Crippen molar-refractivity contribution in [2.45, 2.75) is 49.8 Å². The normalized spacial score (nSPS) is 19.9. The van der Waals surface area contributed by atoms with Crippen molar-refractivity contribution in [2.24, 2.45) is 0 Å². The van der Waals surface area contributed by atoms with E-state index in [4.69, 9.17) is 11.6 Å². The highest BCUT2D eigenvalue weighted by atomic mass is 35.5. The van der Waals surface area contributed by atoms with Crippen molar-refractivity contribution in [3.63, 3.8) is 0 Å². The van der Waals surface area contributed by atoms with E-state index >= 15 is 0 Å². The number of carbonyl (C=O) groups is 2. The summed E-state index contributed by atoms with van der Waals surface area (Å²) in [6.07, 6.45) is 4.42. The summed E-state index contributed by atoms with van der Waals surface area (Å²) in [7, 11) is 1.71.